The maximum Gasteiger partial charge on any atom is 0.149 e. The molecule has 108 valence electrons. The largest absolute Gasteiger partial charge is 0.312 e. The lowest BCUT2D eigenvalue weighted by molar-refractivity contribution is 0.429. The van der Waals surface area contributed by atoms with Crippen LogP contribution in [-0.4, -0.2) is 22.3 Å². The molecule has 5 heteroatoms. The molecular formula is C15H20ClN3S. The van der Waals surface area contributed by atoms with Crippen LogP contribution in [0, 0.1) is 6.92 Å². The van der Waals surface area contributed by atoms with Gasteiger partial charge in [-0.05, 0) is 33.3 Å². The Labute approximate surface area is 129 Å². The predicted octanol–water partition coefficient (Wildman–Crippen LogP) is 4.10. The number of nitrogens with one attached hydrogen (secondary N) is 1. The van der Waals surface area contributed by atoms with Gasteiger partial charge < -0.3 is 5.32 Å². The van der Waals surface area contributed by atoms with Crippen molar-refractivity contribution in [3.63, 3.8) is 0 Å². The van der Waals surface area contributed by atoms with Crippen LogP contribution in [0.25, 0.3) is 10.6 Å². The van der Waals surface area contributed by atoms with E-state index in [1.54, 1.807) is 11.3 Å². The van der Waals surface area contributed by atoms with E-state index in [0.29, 0.717) is 0 Å². The van der Waals surface area contributed by atoms with Gasteiger partial charge in [-0.3, -0.25) is 0 Å². The second-order valence-electron chi connectivity index (χ2n) is 5.86. The van der Waals surface area contributed by atoms with E-state index < -0.39 is 0 Å². The summed E-state index contributed by atoms with van der Waals surface area (Å²) in [4.78, 5) is 0. The first-order valence-electron chi connectivity index (χ1n) is 6.70. The summed E-state index contributed by atoms with van der Waals surface area (Å²) in [5, 5.41) is 14.7. The van der Waals surface area contributed by atoms with Crippen molar-refractivity contribution in [2.45, 2.75) is 39.7 Å². The van der Waals surface area contributed by atoms with Crippen molar-refractivity contribution in [3.05, 3.63) is 33.8 Å². The molecule has 2 aromatic rings. The molecule has 0 aliphatic carbocycles. The summed E-state index contributed by atoms with van der Waals surface area (Å²) >= 11 is 7.94. The SMILES string of the molecule is Cc1cccc(-c2nnc(CCNC(C)(C)C)s2)c1Cl. The first-order chi connectivity index (χ1) is 9.37. The van der Waals surface area contributed by atoms with E-state index in [9.17, 15) is 0 Å². The molecule has 2 rings (SSSR count). The number of hydrogen-bond acceptors (Lipinski definition) is 4. The average Bonchev–Trinajstić information content (AvgIpc) is 2.79. The zero-order valence-electron chi connectivity index (χ0n) is 12.3. The van der Waals surface area contributed by atoms with E-state index in [1.807, 2.05) is 25.1 Å². The van der Waals surface area contributed by atoms with E-state index in [4.69, 9.17) is 11.6 Å². The summed E-state index contributed by atoms with van der Waals surface area (Å²) in [5.74, 6) is 0. The summed E-state index contributed by atoms with van der Waals surface area (Å²) in [5.41, 5.74) is 2.17. The molecule has 0 radical (unpaired) electrons. The fourth-order valence-corrected chi connectivity index (χ4v) is 2.96. The maximum atomic E-state index is 6.33. The monoisotopic (exact) mass is 309 g/mol. The Morgan fingerprint density at radius 3 is 2.70 bits per heavy atom. The lowest BCUT2D eigenvalue weighted by Crippen LogP contribution is -2.37. The van der Waals surface area contributed by atoms with Crippen molar-refractivity contribution in [2.75, 3.05) is 6.54 Å². The number of nitrogens with zero attached hydrogens (tertiary/aromatic N) is 2. The van der Waals surface area contributed by atoms with Gasteiger partial charge in [0, 0.05) is 24.1 Å². The van der Waals surface area contributed by atoms with Crippen LogP contribution in [-0.2, 0) is 6.42 Å². The number of halogens is 1. The maximum absolute atomic E-state index is 6.33. The van der Waals surface area contributed by atoms with Crippen LogP contribution in [0.2, 0.25) is 5.02 Å². The second kappa shape index (κ2) is 6.20. The highest BCUT2D eigenvalue weighted by molar-refractivity contribution is 7.14. The van der Waals surface area contributed by atoms with Crippen molar-refractivity contribution >= 4 is 22.9 Å². The Balaban J connectivity index is 2.07. The zero-order valence-corrected chi connectivity index (χ0v) is 13.9. The Bertz CT molecular complexity index is 587. The summed E-state index contributed by atoms with van der Waals surface area (Å²) in [7, 11) is 0. The number of rotatable bonds is 4. The second-order valence-corrected chi connectivity index (χ2v) is 7.30. The van der Waals surface area contributed by atoms with Crippen LogP contribution >= 0.6 is 22.9 Å². The van der Waals surface area contributed by atoms with Crippen LogP contribution in [0.4, 0.5) is 0 Å². The Kier molecular flexibility index (Phi) is 4.78. The molecule has 1 aromatic heterocycles. The summed E-state index contributed by atoms with van der Waals surface area (Å²) in [6, 6.07) is 5.99. The van der Waals surface area contributed by atoms with Gasteiger partial charge in [0.1, 0.15) is 10.0 Å². The Morgan fingerprint density at radius 1 is 1.25 bits per heavy atom. The van der Waals surface area contributed by atoms with Gasteiger partial charge >= 0.3 is 0 Å². The smallest absolute Gasteiger partial charge is 0.149 e. The lowest BCUT2D eigenvalue weighted by atomic mass is 10.1. The molecule has 0 unspecified atom stereocenters. The van der Waals surface area contributed by atoms with E-state index >= 15 is 0 Å². The fourth-order valence-electron chi connectivity index (χ4n) is 1.82. The van der Waals surface area contributed by atoms with Crippen LogP contribution in [0.1, 0.15) is 31.3 Å². The quantitative estimate of drug-likeness (QED) is 0.924. The molecule has 0 atom stereocenters. The average molecular weight is 310 g/mol. The Morgan fingerprint density at radius 2 is 2.00 bits per heavy atom. The van der Waals surface area contributed by atoms with Crippen molar-refractivity contribution in [3.8, 4) is 10.6 Å². The fraction of sp³-hybridized carbons (Fsp3) is 0.467. The molecule has 1 aromatic carbocycles. The molecule has 0 saturated carbocycles. The highest BCUT2D eigenvalue weighted by Gasteiger charge is 2.12. The molecule has 0 amide bonds. The third-order valence-electron chi connectivity index (χ3n) is 2.88. The minimum absolute atomic E-state index is 0.132. The van der Waals surface area contributed by atoms with Crippen molar-refractivity contribution in [2.24, 2.45) is 0 Å². The lowest BCUT2D eigenvalue weighted by Gasteiger charge is -2.19. The molecule has 0 aliphatic heterocycles. The normalized spacial score (nSPS) is 11.8. The van der Waals surface area contributed by atoms with Gasteiger partial charge in [0.05, 0.1) is 5.02 Å². The van der Waals surface area contributed by atoms with Gasteiger partial charge in [-0.25, -0.2) is 0 Å². The predicted molar refractivity (Wildman–Crippen MR) is 86.6 cm³/mol. The first-order valence-corrected chi connectivity index (χ1v) is 7.89. The Hall–Kier alpha value is -0.970. The van der Waals surface area contributed by atoms with Crippen molar-refractivity contribution < 1.29 is 0 Å². The molecule has 3 nitrogen and oxygen atoms in total. The molecule has 1 heterocycles. The topological polar surface area (TPSA) is 37.8 Å². The van der Waals surface area contributed by atoms with Crippen LogP contribution in [0.15, 0.2) is 18.2 Å². The standard InChI is InChI=1S/C15H20ClN3S/c1-10-6-5-7-11(13(10)16)14-19-18-12(20-14)8-9-17-15(2,3)4/h5-7,17H,8-9H2,1-4H3. The summed E-state index contributed by atoms with van der Waals surface area (Å²) in [6.07, 6.45) is 0.887. The highest BCUT2D eigenvalue weighted by atomic mass is 35.5. The molecule has 0 spiro atoms. The highest BCUT2D eigenvalue weighted by Crippen LogP contribution is 2.32. The number of aryl methyl sites for hydroxylation is 1. The number of benzene rings is 1. The van der Waals surface area contributed by atoms with Crippen LogP contribution < -0.4 is 5.32 Å². The minimum atomic E-state index is 0.132. The van der Waals surface area contributed by atoms with Gasteiger partial charge in [0.2, 0.25) is 0 Å². The van der Waals surface area contributed by atoms with E-state index in [2.05, 4.69) is 36.3 Å². The number of hydrogen-bond donors (Lipinski definition) is 1. The third-order valence-corrected chi connectivity index (χ3v) is 4.40. The van der Waals surface area contributed by atoms with Crippen LogP contribution in [0.3, 0.4) is 0 Å². The summed E-state index contributed by atoms with van der Waals surface area (Å²) < 4.78 is 0. The molecule has 0 saturated heterocycles. The van der Waals surface area contributed by atoms with Gasteiger partial charge in [-0.1, -0.05) is 41.1 Å². The van der Waals surface area contributed by atoms with Gasteiger partial charge in [-0.2, -0.15) is 0 Å². The van der Waals surface area contributed by atoms with E-state index in [0.717, 1.165) is 39.1 Å². The summed E-state index contributed by atoms with van der Waals surface area (Å²) in [6.45, 7) is 9.38. The molecular weight excluding hydrogens is 290 g/mol. The van der Waals surface area contributed by atoms with Gasteiger partial charge in [0.25, 0.3) is 0 Å². The first kappa shape index (κ1) is 15.4. The van der Waals surface area contributed by atoms with Crippen molar-refractivity contribution in [1.82, 2.24) is 15.5 Å². The van der Waals surface area contributed by atoms with E-state index in [-0.39, 0.29) is 5.54 Å². The third kappa shape index (κ3) is 4.01. The minimum Gasteiger partial charge on any atom is -0.312 e. The van der Waals surface area contributed by atoms with E-state index in [1.165, 1.54) is 0 Å². The molecule has 0 aliphatic rings. The van der Waals surface area contributed by atoms with Gasteiger partial charge in [-0.15, -0.1) is 10.2 Å². The van der Waals surface area contributed by atoms with Crippen LogP contribution in [0.5, 0.6) is 0 Å². The van der Waals surface area contributed by atoms with Gasteiger partial charge in [0.15, 0.2) is 0 Å². The number of aromatic nitrogens is 2. The molecule has 0 bridgehead atoms. The van der Waals surface area contributed by atoms with Crippen molar-refractivity contribution in [1.29, 1.82) is 0 Å². The zero-order chi connectivity index (χ0) is 14.8. The molecule has 1 N–H and O–H groups in total. The molecule has 0 fully saturated rings. The molecule has 20 heavy (non-hydrogen) atoms.